The molecule has 0 amide bonds. The molecule has 1 saturated carbocycles. The molecular weight excluding hydrogens is 156 g/mol. The van der Waals surface area contributed by atoms with E-state index in [0.717, 1.165) is 12.3 Å². The minimum absolute atomic E-state index is 0.867. The van der Waals surface area contributed by atoms with Gasteiger partial charge < -0.3 is 0 Å². The summed E-state index contributed by atoms with van der Waals surface area (Å²) in [5.74, 6) is 0.867. The van der Waals surface area contributed by atoms with Gasteiger partial charge in [-0.3, -0.25) is 0 Å². The van der Waals surface area contributed by atoms with Gasteiger partial charge in [0.25, 0.3) is 0 Å². The van der Waals surface area contributed by atoms with Crippen LogP contribution in [0.25, 0.3) is 0 Å². The number of hydrogen-bond donors (Lipinski definition) is 0. The third kappa shape index (κ3) is 1.93. The highest BCUT2D eigenvalue weighted by Crippen LogP contribution is 2.33. The van der Waals surface area contributed by atoms with E-state index < -0.39 is 0 Å². The van der Waals surface area contributed by atoms with Gasteiger partial charge in [-0.1, -0.05) is 44.0 Å². The first-order valence-electron chi connectivity index (χ1n) is 5.49. The number of aryl methyl sites for hydroxylation is 1. The number of benzene rings is 1. The van der Waals surface area contributed by atoms with Crippen molar-refractivity contribution in [2.75, 3.05) is 0 Å². The molecule has 0 radical (unpaired) electrons. The summed E-state index contributed by atoms with van der Waals surface area (Å²) in [5.41, 5.74) is 3.02. The second kappa shape index (κ2) is 3.95. The summed E-state index contributed by atoms with van der Waals surface area (Å²) in [6.45, 7) is 2.21. The molecule has 2 rings (SSSR count). The molecular formula is C13H18. The first kappa shape index (κ1) is 8.80. The molecule has 0 heterocycles. The monoisotopic (exact) mass is 174 g/mol. The standard InChI is InChI=1S/C13H18/c1-2-11-7-9-13(10-8-11)12-5-3-4-6-12/h7-10,12H,2-6H2,1H3. The predicted octanol–water partition coefficient (Wildman–Crippen LogP) is 3.91. The van der Waals surface area contributed by atoms with Crippen LogP contribution < -0.4 is 0 Å². The smallest absolute Gasteiger partial charge is 0.0162 e. The summed E-state index contributed by atoms with van der Waals surface area (Å²) in [6, 6.07) is 9.23. The van der Waals surface area contributed by atoms with Crippen molar-refractivity contribution in [3.05, 3.63) is 35.4 Å². The highest BCUT2D eigenvalue weighted by atomic mass is 14.2. The Hall–Kier alpha value is -0.780. The Morgan fingerprint density at radius 1 is 1.08 bits per heavy atom. The zero-order chi connectivity index (χ0) is 9.10. The summed E-state index contributed by atoms with van der Waals surface area (Å²) < 4.78 is 0. The highest BCUT2D eigenvalue weighted by molar-refractivity contribution is 5.25. The van der Waals surface area contributed by atoms with E-state index in [1.807, 2.05) is 0 Å². The van der Waals surface area contributed by atoms with Gasteiger partial charge in [0.1, 0.15) is 0 Å². The molecule has 1 aliphatic carbocycles. The predicted molar refractivity (Wildman–Crippen MR) is 57.0 cm³/mol. The zero-order valence-electron chi connectivity index (χ0n) is 8.42. The van der Waals surface area contributed by atoms with Crippen molar-refractivity contribution in [3.8, 4) is 0 Å². The Bertz CT molecular complexity index is 252. The summed E-state index contributed by atoms with van der Waals surface area (Å²) in [7, 11) is 0. The summed E-state index contributed by atoms with van der Waals surface area (Å²) in [5, 5.41) is 0. The van der Waals surface area contributed by atoms with Gasteiger partial charge in [0.15, 0.2) is 0 Å². The molecule has 0 aliphatic heterocycles. The Morgan fingerprint density at radius 2 is 1.69 bits per heavy atom. The van der Waals surface area contributed by atoms with Gasteiger partial charge in [-0.25, -0.2) is 0 Å². The van der Waals surface area contributed by atoms with Crippen LogP contribution >= 0.6 is 0 Å². The van der Waals surface area contributed by atoms with Crippen molar-refractivity contribution in [2.24, 2.45) is 0 Å². The molecule has 70 valence electrons. The summed E-state index contributed by atoms with van der Waals surface area (Å²) in [6.07, 6.45) is 6.84. The van der Waals surface area contributed by atoms with Crippen LogP contribution in [0.4, 0.5) is 0 Å². The first-order chi connectivity index (χ1) is 6.40. The van der Waals surface area contributed by atoms with E-state index in [4.69, 9.17) is 0 Å². The average molecular weight is 174 g/mol. The molecule has 0 saturated heterocycles. The highest BCUT2D eigenvalue weighted by Gasteiger charge is 2.16. The van der Waals surface area contributed by atoms with Crippen molar-refractivity contribution in [1.29, 1.82) is 0 Å². The summed E-state index contributed by atoms with van der Waals surface area (Å²) in [4.78, 5) is 0. The molecule has 0 bridgehead atoms. The second-order valence-corrected chi connectivity index (χ2v) is 4.08. The van der Waals surface area contributed by atoms with Gasteiger partial charge in [-0.05, 0) is 36.3 Å². The zero-order valence-corrected chi connectivity index (χ0v) is 8.42. The minimum atomic E-state index is 0.867. The Balaban J connectivity index is 2.12. The van der Waals surface area contributed by atoms with Crippen molar-refractivity contribution < 1.29 is 0 Å². The fourth-order valence-corrected chi connectivity index (χ4v) is 2.28. The van der Waals surface area contributed by atoms with E-state index in [0.29, 0.717) is 0 Å². The van der Waals surface area contributed by atoms with Crippen molar-refractivity contribution >= 4 is 0 Å². The third-order valence-electron chi connectivity index (χ3n) is 3.21. The number of rotatable bonds is 2. The quantitative estimate of drug-likeness (QED) is 0.637. The molecule has 0 unspecified atom stereocenters. The molecule has 0 heteroatoms. The van der Waals surface area contributed by atoms with Crippen LogP contribution in [-0.4, -0.2) is 0 Å². The maximum absolute atomic E-state index is 2.33. The lowest BCUT2D eigenvalue weighted by Gasteiger charge is -2.09. The van der Waals surface area contributed by atoms with E-state index in [1.54, 1.807) is 5.56 Å². The first-order valence-corrected chi connectivity index (χ1v) is 5.49. The molecule has 1 aromatic carbocycles. The molecule has 0 N–H and O–H groups in total. The molecule has 1 aliphatic rings. The van der Waals surface area contributed by atoms with Gasteiger partial charge in [-0.15, -0.1) is 0 Å². The van der Waals surface area contributed by atoms with E-state index in [9.17, 15) is 0 Å². The molecule has 0 nitrogen and oxygen atoms in total. The van der Waals surface area contributed by atoms with Gasteiger partial charge in [-0.2, -0.15) is 0 Å². The summed E-state index contributed by atoms with van der Waals surface area (Å²) >= 11 is 0. The Kier molecular flexibility index (Phi) is 2.68. The van der Waals surface area contributed by atoms with Crippen LogP contribution in [0.1, 0.15) is 49.7 Å². The minimum Gasteiger partial charge on any atom is -0.0613 e. The van der Waals surface area contributed by atoms with Crippen molar-refractivity contribution in [1.82, 2.24) is 0 Å². The lowest BCUT2D eigenvalue weighted by Crippen LogP contribution is -1.92. The molecule has 13 heavy (non-hydrogen) atoms. The second-order valence-electron chi connectivity index (χ2n) is 4.08. The van der Waals surface area contributed by atoms with E-state index >= 15 is 0 Å². The fraction of sp³-hybridized carbons (Fsp3) is 0.538. The normalized spacial score (nSPS) is 17.9. The Labute approximate surface area is 81.0 Å². The van der Waals surface area contributed by atoms with E-state index in [2.05, 4.69) is 31.2 Å². The average Bonchev–Trinajstić information content (AvgIpc) is 2.71. The molecule has 0 aromatic heterocycles. The van der Waals surface area contributed by atoms with Crippen LogP contribution in [0.15, 0.2) is 24.3 Å². The van der Waals surface area contributed by atoms with Gasteiger partial charge >= 0.3 is 0 Å². The fourth-order valence-electron chi connectivity index (χ4n) is 2.28. The third-order valence-corrected chi connectivity index (χ3v) is 3.21. The van der Waals surface area contributed by atoms with Crippen LogP contribution in [0.5, 0.6) is 0 Å². The maximum Gasteiger partial charge on any atom is -0.0162 e. The maximum atomic E-state index is 2.33. The molecule has 1 fully saturated rings. The van der Waals surface area contributed by atoms with Crippen molar-refractivity contribution in [2.45, 2.75) is 44.9 Å². The van der Waals surface area contributed by atoms with Gasteiger partial charge in [0, 0.05) is 0 Å². The van der Waals surface area contributed by atoms with Crippen LogP contribution in [0.2, 0.25) is 0 Å². The lowest BCUT2D eigenvalue weighted by atomic mass is 9.96. The van der Waals surface area contributed by atoms with E-state index in [-0.39, 0.29) is 0 Å². The molecule has 0 spiro atoms. The SMILES string of the molecule is CCc1ccc(C2CCCC2)cc1. The molecule has 0 atom stereocenters. The van der Waals surface area contributed by atoms with Crippen LogP contribution in [0, 0.1) is 0 Å². The topological polar surface area (TPSA) is 0 Å². The Morgan fingerprint density at radius 3 is 2.23 bits per heavy atom. The van der Waals surface area contributed by atoms with Crippen molar-refractivity contribution in [3.63, 3.8) is 0 Å². The molecule has 1 aromatic rings. The van der Waals surface area contributed by atoms with Crippen LogP contribution in [-0.2, 0) is 6.42 Å². The number of hydrogen-bond acceptors (Lipinski definition) is 0. The largest absolute Gasteiger partial charge is 0.0613 e. The van der Waals surface area contributed by atoms with Gasteiger partial charge in [0.05, 0.1) is 0 Å². The lowest BCUT2D eigenvalue weighted by molar-refractivity contribution is 0.723. The van der Waals surface area contributed by atoms with E-state index in [1.165, 1.54) is 31.2 Å². The van der Waals surface area contributed by atoms with Crippen LogP contribution in [0.3, 0.4) is 0 Å². The van der Waals surface area contributed by atoms with Gasteiger partial charge in [0.2, 0.25) is 0 Å².